The fraction of sp³-hybridized carbons (Fsp3) is 0.524. The fourth-order valence-corrected chi connectivity index (χ4v) is 4.49. The number of carbonyl (C=O) groups excluding carboxylic acids is 1. The lowest BCUT2D eigenvalue weighted by Crippen LogP contribution is -2.45. The molecule has 5 nitrogen and oxygen atoms in total. The van der Waals surface area contributed by atoms with E-state index >= 15 is 0 Å². The van der Waals surface area contributed by atoms with Crippen molar-refractivity contribution in [3.63, 3.8) is 0 Å². The molecular formula is C21H27N3O2. The first-order chi connectivity index (χ1) is 12.6. The second-order valence-electron chi connectivity index (χ2n) is 7.63. The lowest BCUT2D eigenvalue weighted by Gasteiger charge is -2.33. The van der Waals surface area contributed by atoms with Gasteiger partial charge >= 0.3 is 0 Å². The molecule has 0 bridgehead atoms. The van der Waals surface area contributed by atoms with Gasteiger partial charge in [0.2, 0.25) is 0 Å². The standard InChI is InChI=1S/C21H27N3O2/c1-22-18-10-4-3-9-17(18)20(25)14-19(22)21(26)24-13-7-8-16(24)15-23-11-5-2-6-12-23/h3-4,9-10,14,16H,2,5-8,11-13,15H2,1H3. The smallest absolute Gasteiger partial charge is 0.270 e. The Kier molecular flexibility index (Phi) is 4.81. The van der Waals surface area contributed by atoms with Crippen molar-refractivity contribution in [3.8, 4) is 0 Å². The Morgan fingerprint density at radius 3 is 2.65 bits per heavy atom. The van der Waals surface area contributed by atoms with Crippen molar-refractivity contribution < 1.29 is 4.79 Å². The molecule has 2 aliphatic rings. The molecule has 0 aliphatic carbocycles. The van der Waals surface area contributed by atoms with Crippen molar-refractivity contribution in [1.29, 1.82) is 0 Å². The molecule has 0 saturated carbocycles. The maximum atomic E-state index is 13.3. The average Bonchev–Trinajstić information content (AvgIpc) is 3.13. The molecule has 138 valence electrons. The number of hydrogen-bond donors (Lipinski definition) is 0. The van der Waals surface area contributed by atoms with Gasteiger partial charge in [0.1, 0.15) is 5.69 Å². The fourth-order valence-electron chi connectivity index (χ4n) is 4.49. The van der Waals surface area contributed by atoms with Crippen LogP contribution < -0.4 is 5.43 Å². The Balaban J connectivity index is 1.61. The van der Waals surface area contributed by atoms with E-state index in [2.05, 4.69) is 4.90 Å². The van der Waals surface area contributed by atoms with Gasteiger partial charge in [0.25, 0.3) is 5.91 Å². The van der Waals surface area contributed by atoms with Crippen molar-refractivity contribution in [2.75, 3.05) is 26.2 Å². The quantitative estimate of drug-likeness (QED) is 0.852. The van der Waals surface area contributed by atoms with Gasteiger partial charge in [-0.1, -0.05) is 18.6 Å². The number of para-hydroxylation sites is 1. The van der Waals surface area contributed by atoms with Gasteiger partial charge in [0.15, 0.2) is 5.43 Å². The second-order valence-corrected chi connectivity index (χ2v) is 7.63. The number of aromatic nitrogens is 1. The summed E-state index contributed by atoms with van der Waals surface area (Å²) < 4.78 is 1.87. The number of piperidine rings is 1. The number of nitrogens with zero attached hydrogens (tertiary/aromatic N) is 3. The van der Waals surface area contributed by atoms with Crippen LogP contribution in [-0.4, -0.2) is 52.5 Å². The number of carbonyl (C=O) groups is 1. The lowest BCUT2D eigenvalue weighted by atomic mass is 10.1. The molecule has 1 aromatic carbocycles. The van der Waals surface area contributed by atoms with E-state index in [4.69, 9.17) is 0 Å². The normalized spacial score (nSPS) is 21.4. The molecule has 0 radical (unpaired) electrons. The minimum atomic E-state index is -0.0752. The molecule has 2 aromatic rings. The molecule has 5 heteroatoms. The third-order valence-corrected chi connectivity index (χ3v) is 5.93. The van der Waals surface area contributed by atoms with Crippen molar-refractivity contribution in [2.45, 2.75) is 38.1 Å². The molecule has 4 rings (SSSR count). The Morgan fingerprint density at radius 2 is 1.85 bits per heavy atom. The third kappa shape index (κ3) is 3.16. The van der Waals surface area contributed by atoms with Gasteiger partial charge in [-0.3, -0.25) is 9.59 Å². The number of hydrogen-bond acceptors (Lipinski definition) is 3. The van der Waals surface area contributed by atoms with E-state index in [1.165, 1.54) is 25.3 Å². The summed E-state index contributed by atoms with van der Waals surface area (Å²) in [6.45, 7) is 4.05. The molecule has 1 atom stereocenters. The first kappa shape index (κ1) is 17.3. The van der Waals surface area contributed by atoms with Gasteiger partial charge in [-0.15, -0.1) is 0 Å². The number of fused-ring (bicyclic) bond motifs is 1. The summed E-state index contributed by atoms with van der Waals surface area (Å²) in [6, 6.07) is 9.28. The van der Waals surface area contributed by atoms with Crippen molar-refractivity contribution in [3.05, 3.63) is 46.2 Å². The first-order valence-electron chi connectivity index (χ1n) is 9.77. The van der Waals surface area contributed by atoms with Crippen LogP contribution in [0.2, 0.25) is 0 Å². The van der Waals surface area contributed by atoms with E-state index in [0.29, 0.717) is 11.1 Å². The number of rotatable bonds is 3. The van der Waals surface area contributed by atoms with Gasteiger partial charge < -0.3 is 14.4 Å². The predicted octanol–water partition coefficient (Wildman–Crippen LogP) is 2.63. The van der Waals surface area contributed by atoms with E-state index < -0.39 is 0 Å². The number of aryl methyl sites for hydroxylation is 1. The van der Waals surface area contributed by atoms with Crippen LogP contribution in [0.4, 0.5) is 0 Å². The first-order valence-corrected chi connectivity index (χ1v) is 9.77. The number of benzene rings is 1. The molecular weight excluding hydrogens is 326 g/mol. The predicted molar refractivity (Wildman–Crippen MR) is 104 cm³/mol. The summed E-state index contributed by atoms with van der Waals surface area (Å²) in [7, 11) is 1.88. The third-order valence-electron chi connectivity index (χ3n) is 5.93. The van der Waals surface area contributed by atoms with E-state index in [0.717, 1.165) is 44.5 Å². The van der Waals surface area contributed by atoms with Crippen molar-refractivity contribution in [2.24, 2.45) is 7.05 Å². The van der Waals surface area contributed by atoms with Crippen molar-refractivity contribution >= 4 is 16.8 Å². The molecule has 0 N–H and O–H groups in total. The Morgan fingerprint density at radius 1 is 1.08 bits per heavy atom. The van der Waals surface area contributed by atoms with Crippen LogP contribution in [0.15, 0.2) is 35.1 Å². The minimum Gasteiger partial charge on any atom is -0.339 e. The van der Waals surface area contributed by atoms with Crippen LogP contribution in [0, 0.1) is 0 Å². The monoisotopic (exact) mass is 353 g/mol. The van der Waals surface area contributed by atoms with Gasteiger partial charge in [-0.25, -0.2) is 0 Å². The van der Waals surface area contributed by atoms with Gasteiger partial charge in [0.05, 0.1) is 5.52 Å². The SMILES string of the molecule is Cn1c(C(=O)N2CCCC2CN2CCCCC2)cc(=O)c2ccccc21. The molecule has 3 heterocycles. The van der Waals surface area contributed by atoms with E-state index in [-0.39, 0.29) is 17.4 Å². The molecule has 2 saturated heterocycles. The minimum absolute atomic E-state index is 0.00476. The molecule has 1 aromatic heterocycles. The molecule has 1 unspecified atom stereocenters. The van der Waals surface area contributed by atoms with Crippen LogP contribution in [0.1, 0.15) is 42.6 Å². The zero-order valence-corrected chi connectivity index (χ0v) is 15.5. The number of amides is 1. The number of pyridine rings is 1. The van der Waals surface area contributed by atoms with Gasteiger partial charge in [-0.05, 0) is 50.9 Å². The van der Waals surface area contributed by atoms with Crippen LogP contribution in [0.25, 0.3) is 10.9 Å². The molecule has 26 heavy (non-hydrogen) atoms. The summed E-state index contributed by atoms with van der Waals surface area (Å²) in [4.78, 5) is 30.2. The van der Waals surface area contributed by atoms with Crippen LogP contribution in [0.3, 0.4) is 0 Å². The van der Waals surface area contributed by atoms with Crippen LogP contribution >= 0.6 is 0 Å². The Labute approximate surface area is 154 Å². The van der Waals surface area contributed by atoms with Crippen LogP contribution in [0.5, 0.6) is 0 Å². The maximum absolute atomic E-state index is 13.3. The molecule has 2 aliphatic heterocycles. The Bertz CT molecular complexity index is 867. The summed E-state index contributed by atoms with van der Waals surface area (Å²) in [5.41, 5.74) is 1.24. The maximum Gasteiger partial charge on any atom is 0.270 e. The van der Waals surface area contributed by atoms with Gasteiger partial charge in [-0.2, -0.15) is 0 Å². The Hall–Kier alpha value is -2.14. The summed E-state index contributed by atoms with van der Waals surface area (Å²) >= 11 is 0. The van der Waals surface area contributed by atoms with Gasteiger partial charge in [0, 0.05) is 37.6 Å². The zero-order valence-electron chi connectivity index (χ0n) is 15.5. The largest absolute Gasteiger partial charge is 0.339 e. The van der Waals surface area contributed by atoms with E-state index in [9.17, 15) is 9.59 Å². The highest BCUT2D eigenvalue weighted by molar-refractivity contribution is 5.95. The number of likely N-dealkylation sites (tertiary alicyclic amines) is 2. The molecule has 0 spiro atoms. The summed E-state index contributed by atoms with van der Waals surface area (Å²) in [5, 5.41) is 0.665. The lowest BCUT2D eigenvalue weighted by molar-refractivity contribution is 0.0680. The summed E-state index contributed by atoms with van der Waals surface area (Å²) in [6.07, 6.45) is 5.96. The highest BCUT2D eigenvalue weighted by Crippen LogP contribution is 2.23. The molecule has 2 fully saturated rings. The molecule has 1 amide bonds. The second kappa shape index (κ2) is 7.23. The van der Waals surface area contributed by atoms with Crippen molar-refractivity contribution in [1.82, 2.24) is 14.4 Å². The van der Waals surface area contributed by atoms with Crippen LogP contribution in [-0.2, 0) is 7.05 Å². The average molecular weight is 353 g/mol. The highest BCUT2D eigenvalue weighted by Gasteiger charge is 2.32. The summed E-state index contributed by atoms with van der Waals surface area (Å²) in [5.74, 6) is -0.00476. The van der Waals surface area contributed by atoms with E-state index in [1.807, 2.05) is 40.8 Å². The zero-order chi connectivity index (χ0) is 18.1. The topological polar surface area (TPSA) is 45.6 Å². The highest BCUT2D eigenvalue weighted by atomic mass is 16.2. The van der Waals surface area contributed by atoms with E-state index in [1.54, 1.807) is 0 Å².